The number of fused-ring (bicyclic) bond motifs is 1. The number of rotatable bonds is 2. The summed E-state index contributed by atoms with van der Waals surface area (Å²) in [6, 6.07) is 6.74. The molecule has 3 aromatic rings. The number of benzene rings is 1. The Balaban J connectivity index is 1.91. The molecule has 1 aromatic carbocycles. The first-order valence-corrected chi connectivity index (χ1v) is 6.23. The molecule has 98 valence electrons. The lowest BCUT2D eigenvalue weighted by Crippen LogP contribution is -2.12. The van der Waals surface area contributed by atoms with Crippen LogP contribution in [-0.4, -0.2) is 20.9 Å². The van der Waals surface area contributed by atoms with E-state index in [0.717, 1.165) is 5.52 Å². The van der Waals surface area contributed by atoms with Crippen molar-refractivity contribution in [2.75, 3.05) is 5.32 Å². The summed E-state index contributed by atoms with van der Waals surface area (Å²) >= 11 is 5.97. The Morgan fingerprint density at radius 3 is 2.65 bits per heavy atom. The summed E-state index contributed by atoms with van der Waals surface area (Å²) in [5.74, 6) is -0.271. The number of nitrogens with zero attached hydrogens (tertiary/aromatic N) is 3. The van der Waals surface area contributed by atoms with E-state index in [0.29, 0.717) is 21.8 Å². The molecule has 3 rings (SSSR count). The summed E-state index contributed by atoms with van der Waals surface area (Å²) in [7, 11) is 0. The smallest absolute Gasteiger partial charge is 0.255 e. The minimum absolute atomic E-state index is 0.271. The zero-order valence-electron chi connectivity index (χ0n) is 10.2. The zero-order chi connectivity index (χ0) is 13.9. The number of pyridine rings is 1. The van der Waals surface area contributed by atoms with Gasteiger partial charge in [-0.1, -0.05) is 11.6 Å². The highest BCUT2D eigenvalue weighted by Gasteiger charge is 2.09. The minimum atomic E-state index is -0.271. The van der Waals surface area contributed by atoms with E-state index in [2.05, 4.69) is 20.3 Å². The van der Waals surface area contributed by atoms with Crippen LogP contribution in [0.1, 0.15) is 10.4 Å². The second kappa shape index (κ2) is 5.22. The first-order valence-electron chi connectivity index (χ1n) is 5.86. The fraction of sp³-hybridized carbons (Fsp3) is 0. The molecule has 0 atom stereocenters. The fourth-order valence-electron chi connectivity index (χ4n) is 1.77. The lowest BCUT2D eigenvalue weighted by molar-refractivity contribution is 0.102. The molecule has 0 saturated carbocycles. The van der Waals surface area contributed by atoms with Crippen LogP contribution in [0.2, 0.25) is 5.02 Å². The van der Waals surface area contributed by atoms with Gasteiger partial charge in [0.15, 0.2) is 0 Å². The van der Waals surface area contributed by atoms with E-state index < -0.39 is 0 Å². The van der Waals surface area contributed by atoms with Crippen molar-refractivity contribution in [3.63, 3.8) is 0 Å². The molecule has 0 aliphatic heterocycles. The highest BCUT2D eigenvalue weighted by atomic mass is 35.5. The summed E-state index contributed by atoms with van der Waals surface area (Å²) < 4.78 is 0. The Kier molecular flexibility index (Phi) is 3.26. The van der Waals surface area contributed by atoms with Gasteiger partial charge < -0.3 is 5.32 Å². The van der Waals surface area contributed by atoms with E-state index in [1.54, 1.807) is 42.9 Å². The van der Waals surface area contributed by atoms with Crippen molar-refractivity contribution in [2.45, 2.75) is 0 Å². The number of carbonyl (C=O) groups excluding carboxylic acids is 1. The van der Waals surface area contributed by atoms with Gasteiger partial charge in [0.2, 0.25) is 0 Å². The molecule has 0 aliphatic carbocycles. The van der Waals surface area contributed by atoms with Crippen molar-refractivity contribution < 1.29 is 4.79 Å². The Hall–Kier alpha value is -2.53. The van der Waals surface area contributed by atoms with Crippen LogP contribution in [0.4, 0.5) is 5.69 Å². The van der Waals surface area contributed by atoms with Gasteiger partial charge in [-0.05, 0) is 24.3 Å². The van der Waals surface area contributed by atoms with Crippen LogP contribution in [-0.2, 0) is 0 Å². The van der Waals surface area contributed by atoms with Crippen LogP contribution in [0.3, 0.4) is 0 Å². The molecule has 0 aliphatic rings. The Labute approximate surface area is 119 Å². The molecule has 1 amide bonds. The van der Waals surface area contributed by atoms with Crippen molar-refractivity contribution in [2.24, 2.45) is 0 Å². The molecule has 2 aromatic heterocycles. The molecule has 0 radical (unpaired) electrons. The standard InChI is InChI=1S/C14H9ClN4O/c15-10-3-4-16-8-13(10)19-14(20)9-1-2-11-12(7-9)18-6-5-17-11/h1-8H,(H,19,20). The Morgan fingerprint density at radius 2 is 1.85 bits per heavy atom. The molecule has 0 bridgehead atoms. The maximum absolute atomic E-state index is 12.2. The third-order valence-electron chi connectivity index (χ3n) is 2.75. The predicted octanol–water partition coefficient (Wildman–Crippen LogP) is 2.93. The van der Waals surface area contributed by atoms with Gasteiger partial charge in [0.25, 0.3) is 5.91 Å². The van der Waals surface area contributed by atoms with Gasteiger partial charge in [0.05, 0.1) is 27.9 Å². The van der Waals surface area contributed by atoms with Crippen LogP contribution < -0.4 is 5.32 Å². The Morgan fingerprint density at radius 1 is 1.05 bits per heavy atom. The first-order chi connectivity index (χ1) is 9.74. The normalized spacial score (nSPS) is 10.4. The van der Waals surface area contributed by atoms with Gasteiger partial charge in [-0.15, -0.1) is 0 Å². The van der Waals surface area contributed by atoms with E-state index >= 15 is 0 Å². The fourth-order valence-corrected chi connectivity index (χ4v) is 1.92. The van der Waals surface area contributed by atoms with E-state index in [1.807, 2.05) is 0 Å². The molecule has 2 heterocycles. The topological polar surface area (TPSA) is 67.8 Å². The number of carbonyl (C=O) groups is 1. The van der Waals surface area contributed by atoms with Gasteiger partial charge in [0, 0.05) is 24.2 Å². The van der Waals surface area contributed by atoms with Gasteiger partial charge in [-0.25, -0.2) is 0 Å². The number of amides is 1. The predicted molar refractivity (Wildman–Crippen MR) is 76.7 cm³/mol. The highest BCUT2D eigenvalue weighted by molar-refractivity contribution is 6.33. The number of hydrogen-bond acceptors (Lipinski definition) is 4. The number of anilines is 1. The molecular weight excluding hydrogens is 276 g/mol. The van der Waals surface area contributed by atoms with Crippen molar-refractivity contribution in [3.05, 3.63) is 59.6 Å². The second-order valence-electron chi connectivity index (χ2n) is 4.07. The summed E-state index contributed by atoms with van der Waals surface area (Å²) in [5, 5.41) is 3.15. The summed E-state index contributed by atoms with van der Waals surface area (Å²) in [5.41, 5.74) is 2.36. The summed E-state index contributed by atoms with van der Waals surface area (Å²) in [4.78, 5) is 24.4. The number of aromatic nitrogens is 3. The van der Waals surface area contributed by atoms with Crippen molar-refractivity contribution in [1.82, 2.24) is 15.0 Å². The number of nitrogens with one attached hydrogen (secondary N) is 1. The molecule has 0 fully saturated rings. The van der Waals surface area contributed by atoms with Crippen LogP contribution in [0.25, 0.3) is 11.0 Å². The zero-order valence-corrected chi connectivity index (χ0v) is 11.0. The van der Waals surface area contributed by atoms with Gasteiger partial charge in [-0.3, -0.25) is 19.7 Å². The molecule has 0 spiro atoms. The van der Waals surface area contributed by atoms with Gasteiger partial charge in [0.1, 0.15) is 0 Å². The number of hydrogen-bond donors (Lipinski definition) is 1. The van der Waals surface area contributed by atoms with Crippen LogP contribution in [0, 0.1) is 0 Å². The average Bonchev–Trinajstić information content (AvgIpc) is 2.49. The molecule has 0 saturated heterocycles. The second-order valence-corrected chi connectivity index (χ2v) is 4.48. The van der Waals surface area contributed by atoms with Crippen molar-refractivity contribution in [1.29, 1.82) is 0 Å². The average molecular weight is 285 g/mol. The molecule has 5 nitrogen and oxygen atoms in total. The molecule has 6 heteroatoms. The third kappa shape index (κ3) is 2.44. The minimum Gasteiger partial charge on any atom is -0.319 e. The maximum Gasteiger partial charge on any atom is 0.255 e. The molecule has 20 heavy (non-hydrogen) atoms. The van der Waals surface area contributed by atoms with Gasteiger partial charge >= 0.3 is 0 Å². The summed E-state index contributed by atoms with van der Waals surface area (Å²) in [6.07, 6.45) is 6.25. The van der Waals surface area contributed by atoms with Crippen LogP contribution in [0.15, 0.2) is 49.1 Å². The van der Waals surface area contributed by atoms with E-state index in [1.165, 1.54) is 6.20 Å². The number of halogens is 1. The van der Waals surface area contributed by atoms with E-state index in [4.69, 9.17) is 11.6 Å². The van der Waals surface area contributed by atoms with Crippen molar-refractivity contribution in [3.8, 4) is 0 Å². The van der Waals surface area contributed by atoms with Gasteiger partial charge in [-0.2, -0.15) is 0 Å². The molecule has 0 unspecified atom stereocenters. The monoisotopic (exact) mass is 284 g/mol. The summed E-state index contributed by atoms with van der Waals surface area (Å²) in [6.45, 7) is 0. The first kappa shape index (κ1) is 12.5. The van der Waals surface area contributed by atoms with Crippen LogP contribution >= 0.6 is 11.6 Å². The van der Waals surface area contributed by atoms with E-state index in [9.17, 15) is 4.79 Å². The lowest BCUT2D eigenvalue weighted by Gasteiger charge is -2.06. The SMILES string of the molecule is O=C(Nc1cnccc1Cl)c1ccc2nccnc2c1. The third-order valence-corrected chi connectivity index (χ3v) is 3.08. The Bertz CT molecular complexity index is 791. The van der Waals surface area contributed by atoms with E-state index in [-0.39, 0.29) is 5.91 Å². The molecule has 1 N–H and O–H groups in total. The highest BCUT2D eigenvalue weighted by Crippen LogP contribution is 2.20. The van der Waals surface area contributed by atoms with Crippen LogP contribution in [0.5, 0.6) is 0 Å². The maximum atomic E-state index is 12.2. The largest absolute Gasteiger partial charge is 0.319 e. The molecular formula is C14H9ClN4O. The quantitative estimate of drug-likeness (QED) is 0.785. The van der Waals surface area contributed by atoms with Crippen molar-refractivity contribution >= 4 is 34.2 Å². The lowest BCUT2D eigenvalue weighted by atomic mass is 10.2.